The molecule has 0 aliphatic carbocycles. The number of carbonyl (C=O) groups is 1. The molecule has 154 valence electrons. The van der Waals surface area contributed by atoms with Crippen molar-refractivity contribution in [3.63, 3.8) is 0 Å². The summed E-state index contributed by atoms with van der Waals surface area (Å²) in [5.41, 5.74) is 1.19. The first kappa shape index (κ1) is 20.8. The van der Waals surface area contributed by atoms with Crippen molar-refractivity contribution in [2.75, 3.05) is 6.61 Å². The molecule has 0 aliphatic heterocycles. The van der Waals surface area contributed by atoms with Crippen LogP contribution in [0.25, 0.3) is 0 Å². The van der Waals surface area contributed by atoms with Gasteiger partial charge in [-0.3, -0.25) is 0 Å². The first-order chi connectivity index (χ1) is 15.2. The van der Waals surface area contributed by atoms with Crippen LogP contribution in [-0.2, 0) is 11.0 Å². The molecule has 4 aromatic carbocycles. The molecule has 0 amide bonds. The van der Waals surface area contributed by atoms with Gasteiger partial charge < -0.3 is 9.84 Å². The Balaban J connectivity index is 1.82. The van der Waals surface area contributed by atoms with E-state index in [4.69, 9.17) is 9.84 Å². The van der Waals surface area contributed by atoms with Crippen molar-refractivity contribution in [1.82, 2.24) is 0 Å². The van der Waals surface area contributed by atoms with Gasteiger partial charge in [0.1, 0.15) is 28.9 Å². The van der Waals surface area contributed by atoms with Crippen LogP contribution in [0.1, 0.15) is 5.56 Å². The van der Waals surface area contributed by atoms with Crippen LogP contribution in [0, 0.1) is 0 Å². The van der Waals surface area contributed by atoms with Gasteiger partial charge in [-0.2, -0.15) is 0 Å². The van der Waals surface area contributed by atoms with Crippen molar-refractivity contribution < 1.29 is 14.6 Å². The molecule has 0 aliphatic rings. The average molecular weight is 427 g/mol. The minimum Gasteiger partial charge on any atom is -0.482 e. The zero-order chi connectivity index (χ0) is 21.5. The van der Waals surface area contributed by atoms with Crippen molar-refractivity contribution >= 4 is 29.1 Å². The molecule has 0 atom stereocenters. The second kappa shape index (κ2) is 9.59. The molecule has 0 spiro atoms. The largest absolute Gasteiger partial charge is 0.482 e. The fourth-order valence-corrected chi connectivity index (χ4v) is 8.12. The Morgan fingerprint density at radius 2 is 1.06 bits per heavy atom. The summed E-state index contributed by atoms with van der Waals surface area (Å²) in [6.45, 7) is -0.339. The summed E-state index contributed by atoms with van der Waals surface area (Å²) in [4.78, 5) is 10.8. The molecular formula is C27H24O3P+. The van der Waals surface area contributed by atoms with Gasteiger partial charge in [0.2, 0.25) is 0 Å². The Bertz CT molecular complexity index is 1010. The lowest BCUT2D eigenvalue weighted by molar-refractivity contribution is -0.139. The molecule has 0 radical (unpaired) electrons. The van der Waals surface area contributed by atoms with Gasteiger partial charge in [-0.25, -0.2) is 4.79 Å². The normalized spacial score (nSPS) is 11.1. The topological polar surface area (TPSA) is 46.5 Å². The molecule has 4 heteroatoms. The van der Waals surface area contributed by atoms with E-state index in [-0.39, 0.29) is 6.61 Å². The summed E-state index contributed by atoms with van der Waals surface area (Å²) >= 11 is 0. The number of aliphatic carboxylic acids is 1. The van der Waals surface area contributed by atoms with Crippen molar-refractivity contribution in [3.8, 4) is 5.75 Å². The first-order valence-electron chi connectivity index (χ1n) is 10.2. The van der Waals surface area contributed by atoms with E-state index in [9.17, 15) is 4.79 Å². The summed E-state index contributed by atoms with van der Waals surface area (Å²) in [6.07, 6.45) is 0.865. The molecule has 0 bridgehead atoms. The number of hydrogen-bond donors (Lipinski definition) is 1. The van der Waals surface area contributed by atoms with Crippen LogP contribution in [-0.4, -0.2) is 17.7 Å². The lowest BCUT2D eigenvalue weighted by Gasteiger charge is -2.28. The maximum atomic E-state index is 10.8. The Hall–Kier alpha value is -3.42. The summed E-state index contributed by atoms with van der Waals surface area (Å²) in [6, 6.07) is 40.0. The molecule has 4 rings (SSSR count). The summed E-state index contributed by atoms with van der Waals surface area (Å²) in [5.74, 6) is -0.416. The van der Waals surface area contributed by atoms with E-state index in [1.54, 1.807) is 0 Å². The third-order valence-corrected chi connectivity index (χ3v) is 9.67. The van der Waals surface area contributed by atoms with Crippen LogP contribution in [0.3, 0.4) is 0 Å². The average Bonchev–Trinajstić information content (AvgIpc) is 2.83. The molecule has 4 aromatic rings. The lowest BCUT2D eigenvalue weighted by Crippen LogP contribution is -2.32. The van der Waals surface area contributed by atoms with Gasteiger partial charge in [0, 0.05) is 0 Å². The number of hydrogen-bond acceptors (Lipinski definition) is 2. The Morgan fingerprint density at radius 3 is 1.45 bits per heavy atom. The van der Waals surface area contributed by atoms with Gasteiger partial charge in [0.15, 0.2) is 6.61 Å². The highest BCUT2D eigenvalue weighted by Gasteiger charge is 2.45. The molecule has 0 saturated carbocycles. The second-order valence-corrected chi connectivity index (χ2v) is 10.8. The smallest absolute Gasteiger partial charge is 0.341 e. The molecule has 0 aromatic heterocycles. The maximum absolute atomic E-state index is 10.8. The van der Waals surface area contributed by atoms with Crippen LogP contribution < -0.4 is 20.7 Å². The van der Waals surface area contributed by atoms with E-state index >= 15 is 0 Å². The van der Waals surface area contributed by atoms with Crippen molar-refractivity contribution in [2.24, 2.45) is 0 Å². The number of rotatable bonds is 8. The van der Waals surface area contributed by atoms with E-state index < -0.39 is 13.2 Å². The summed E-state index contributed by atoms with van der Waals surface area (Å²) in [5, 5.41) is 12.8. The van der Waals surface area contributed by atoms with Gasteiger partial charge in [-0.05, 0) is 54.1 Å². The predicted octanol–water partition coefficient (Wildman–Crippen LogP) is 4.64. The van der Waals surface area contributed by atoms with E-state index in [2.05, 4.69) is 91.0 Å². The minimum absolute atomic E-state index is 0.339. The van der Waals surface area contributed by atoms with Crippen LogP contribution in [0.15, 0.2) is 115 Å². The highest BCUT2D eigenvalue weighted by molar-refractivity contribution is 7.95. The van der Waals surface area contributed by atoms with Crippen molar-refractivity contribution in [3.05, 3.63) is 121 Å². The van der Waals surface area contributed by atoms with E-state index in [1.807, 2.05) is 24.3 Å². The lowest BCUT2D eigenvalue weighted by atomic mass is 10.2. The monoisotopic (exact) mass is 427 g/mol. The van der Waals surface area contributed by atoms with Crippen LogP contribution >= 0.6 is 7.26 Å². The zero-order valence-corrected chi connectivity index (χ0v) is 18.0. The van der Waals surface area contributed by atoms with E-state index in [0.29, 0.717) is 5.75 Å². The highest BCUT2D eigenvalue weighted by atomic mass is 31.2. The third kappa shape index (κ3) is 4.68. The van der Waals surface area contributed by atoms with Gasteiger partial charge in [-0.1, -0.05) is 66.7 Å². The third-order valence-electron chi connectivity index (χ3n) is 5.30. The molecule has 0 fully saturated rings. The summed E-state index contributed by atoms with van der Waals surface area (Å²) in [7, 11) is -1.96. The summed E-state index contributed by atoms with van der Waals surface area (Å²) < 4.78 is 5.32. The molecule has 1 N–H and O–H groups in total. The fourth-order valence-electron chi connectivity index (χ4n) is 3.88. The Labute approximate surface area is 183 Å². The standard InChI is InChI=1S/C27H23O3P/c28-27(29)20-30-23-18-16-22(17-19-23)21-31(24-10-4-1-5-11-24,25-12-6-2-7-13-25)26-14-8-3-9-15-26/h1-19H,20-21H2/p+1. The highest BCUT2D eigenvalue weighted by Crippen LogP contribution is 2.58. The van der Waals surface area contributed by atoms with Crippen LogP contribution in [0.5, 0.6) is 5.75 Å². The Morgan fingerprint density at radius 1 is 0.645 bits per heavy atom. The molecule has 0 saturated heterocycles. The Kier molecular flexibility index (Phi) is 6.45. The maximum Gasteiger partial charge on any atom is 0.341 e. The molecule has 0 unspecified atom stereocenters. The SMILES string of the molecule is O=C(O)COc1ccc(C[P+](c2ccccc2)(c2ccccc2)c2ccccc2)cc1. The van der Waals surface area contributed by atoms with Gasteiger partial charge in [0.25, 0.3) is 0 Å². The van der Waals surface area contributed by atoms with E-state index in [0.717, 1.165) is 6.16 Å². The number of carboxylic acids is 1. The molecule has 0 heterocycles. The predicted molar refractivity (Wildman–Crippen MR) is 128 cm³/mol. The van der Waals surface area contributed by atoms with Gasteiger partial charge >= 0.3 is 5.97 Å². The van der Waals surface area contributed by atoms with Crippen LogP contribution in [0.2, 0.25) is 0 Å². The number of ether oxygens (including phenoxy) is 1. The van der Waals surface area contributed by atoms with Crippen LogP contribution in [0.4, 0.5) is 0 Å². The fraction of sp³-hybridized carbons (Fsp3) is 0.0741. The van der Waals surface area contributed by atoms with Gasteiger partial charge in [0.05, 0.1) is 6.16 Å². The van der Waals surface area contributed by atoms with Crippen molar-refractivity contribution in [1.29, 1.82) is 0 Å². The van der Waals surface area contributed by atoms with Crippen molar-refractivity contribution in [2.45, 2.75) is 6.16 Å². The number of carboxylic acid groups (broad SMARTS) is 1. The van der Waals surface area contributed by atoms with Gasteiger partial charge in [-0.15, -0.1) is 0 Å². The zero-order valence-electron chi connectivity index (χ0n) is 17.1. The molecule has 31 heavy (non-hydrogen) atoms. The molecule has 3 nitrogen and oxygen atoms in total. The quantitative estimate of drug-likeness (QED) is 0.417. The first-order valence-corrected chi connectivity index (χ1v) is 12.1. The van der Waals surface area contributed by atoms with E-state index in [1.165, 1.54) is 21.5 Å². The minimum atomic E-state index is -1.96. The molecular weight excluding hydrogens is 403 g/mol. The second-order valence-electron chi connectivity index (χ2n) is 7.30. The number of benzene rings is 4.